The third kappa shape index (κ3) is 4.66. The monoisotopic (exact) mass is 467 g/mol. The van der Waals surface area contributed by atoms with Gasteiger partial charge in [-0.3, -0.25) is 14.7 Å². The Balaban J connectivity index is 1.46. The number of amides is 1. The van der Waals surface area contributed by atoms with Gasteiger partial charge < -0.3 is 10.3 Å². The van der Waals surface area contributed by atoms with Crippen LogP contribution in [-0.4, -0.2) is 32.1 Å². The van der Waals surface area contributed by atoms with E-state index in [1.54, 1.807) is 0 Å². The van der Waals surface area contributed by atoms with E-state index in [-0.39, 0.29) is 17.5 Å². The summed E-state index contributed by atoms with van der Waals surface area (Å²) in [4.78, 5) is 31.6. The summed E-state index contributed by atoms with van der Waals surface area (Å²) in [6, 6.07) is 9.70. The zero-order chi connectivity index (χ0) is 22.1. The lowest BCUT2D eigenvalue weighted by Crippen LogP contribution is -2.23. The van der Waals surface area contributed by atoms with Crippen LogP contribution in [0.15, 0.2) is 52.7 Å². The number of halogens is 1. The van der Waals surface area contributed by atoms with Crippen molar-refractivity contribution in [2.45, 2.75) is 48.6 Å². The number of benzene rings is 1. The quantitative estimate of drug-likeness (QED) is 0.455. The SMILES string of the molecule is O=C1CC[C@H](/C=C(\c2ccc(CSc3ncn[nH]3)c(Cl)c2)c2ccc(C3CC3)c(=O)[nH]2)N1. The number of H-pyrrole nitrogens is 2. The molecular formula is C23H22ClN5O2S. The highest BCUT2D eigenvalue weighted by molar-refractivity contribution is 7.98. The molecule has 3 heterocycles. The number of hydrogen-bond donors (Lipinski definition) is 3. The number of nitrogens with one attached hydrogen (secondary N) is 3. The molecule has 1 saturated heterocycles. The molecule has 9 heteroatoms. The Morgan fingerprint density at radius 1 is 1.19 bits per heavy atom. The molecule has 5 rings (SSSR count). The number of carbonyl (C=O) groups is 1. The number of aromatic amines is 2. The molecule has 0 spiro atoms. The third-order valence-corrected chi connectivity index (χ3v) is 7.04. The van der Waals surface area contributed by atoms with Crippen molar-refractivity contribution in [2.24, 2.45) is 0 Å². The predicted molar refractivity (Wildman–Crippen MR) is 125 cm³/mol. The zero-order valence-electron chi connectivity index (χ0n) is 17.2. The van der Waals surface area contributed by atoms with Crippen molar-refractivity contribution in [1.82, 2.24) is 25.5 Å². The standard InChI is InChI=1S/C23H22ClN5O2S/c24-19-9-14(3-4-15(19)11-32-23-25-12-26-29-23)18(10-16-5-8-21(30)27-16)20-7-6-17(13-1-2-13)22(31)28-20/h3-4,6-7,9-10,12-13,16H,1-2,5,8,11H2,(H,27,30)(H,28,31)(H,25,26,29)/b18-10+/t16-/m1/s1. The second-order valence-electron chi connectivity index (χ2n) is 8.11. The number of nitrogens with zero attached hydrogens (tertiary/aromatic N) is 2. The summed E-state index contributed by atoms with van der Waals surface area (Å²) in [5, 5.41) is 11.0. The lowest BCUT2D eigenvalue weighted by Gasteiger charge is -2.14. The molecule has 7 nitrogen and oxygen atoms in total. The molecule has 1 aliphatic heterocycles. The van der Waals surface area contributed by atoms with E-state index < -0.39 is 0 Å². The fourth-order valence-corrected chi connectivity index (χ4v) is 5.01. The lowest BCUT2D eigenvalue weighted by molar-refractivity contribution is -0.119. The van der Waals surface area contributed by atoms with Gasteiger partial charge in [-0.25, -0.2) is 4.98 Å². The number of hydrogen-bond acceptors (Lipinski definition) is 5. The van der Waals surface area contributed by atoms with Gasteiger partial charge in [0.2, 0.25) is 5.91 Å². The molecule has 2 aromatic heterocycles. The number of thioether (sulfide) groups is 1. The highest BCUT2D eigenvalue weighted by Gasteiger charge is 2.27. The maximum atomic E-state index is 12.7. The molecule has 2 fully saturated rings. The minimum absolute atomic E-state index is 0.0426. The summed E-state index contributed by atoms with van der Waals surface area (Å²) < 4.78 is 0. The molecule has 1 atom stereocenters. The molecule has 2 aliphatic rings. The van der Waals surface area contributed by atoms with Crippen LogP contribution in [0.2, 0.25) is 5.02 Å². The van der Waals surface area contributed by atoms with Crippen LogP contribution in [0.3, 0.4) is 0 Å². The average molecular weight is 468 g/mol. The first kappa shape index (κ1) is 21.0. The topological polar surface area (TPSA) is 104 Å². The summed E-state index contributed by atoms with van der Waals surface area (Å²) in [6.45, 7) is 0. The molecule has 0 unspecified atom stereocenters. The summed E-state index contributed by atoms with van der Waals surface area (Å²) in [7, 11) is 0. The largest absolute Gasteiger partial charge is 0.350 e. The van der Waals surface area contributed by atoms with Crippen molar-refractivity contribution < 1.29 is 4.79 Å². The first-order chi connectivity index (χ1) is 15.6. The number of pyridine rings is 1. The van der Waals surface area contributed by atoms with Gasteiger partial charge in [-0.15, -0.1) is 0 Å². The molecule has 3 N–H and O–H groups in total. The van der Waals surface area contributed by atoms with E-state index in [0.717, 1.165) is 52.4 Å². The number of rotatable bonds is 7. The van der Waals surface area contributed by atoms with Crippen molar-refractivity contribution in [2.75, 3.05) is 0 Å². The number of carbonyl (C=O) groups excluding carboxylic acids is 1. The van der Waals surface area contributed by atoms with Crippen LogP contribution in [-0.2, 0) is 10.5 Å². The van der Waals surface area contributed by atoms with E-state index in [1.165, 1.54) is 18.1 Å². The molecule has 1 saturated carbocycles. The van der Waals surface area contributed by atoms with E-state index in [1.807, 2.05) is 36.4 Å². The van der Waals surface area contributed by atoms with Gasteiger partial charge >= 0.3 is 0 Å². The van der Waals surface area contributed by atoms with Crippen LogP contribution in [0, 0.1) is 0 Å². The van der Waals surface area contributed by atoms with Gasteiger partial charge in [0.15, 0.2) is 5.16 Å². The highest BCUT2D eigenvalue weighted by Crippen LogP contribution is 2.38. The van der Waals surface area contributed by atoms with Gasteiger partial charge in [0.1, 0.15) is 6.33 Å². The van der Waals surface area contributed by atoms with E-state index in [2.05, 4.69) is 25.5 Å². The average Bonchev–Trinajstić information content (AvgIpc) is 3.32. The third-order valence-electron chi connectivity index (χ3n) is 5.77. The summed E-state index contributed by atoms with van der Waals surface area (Å²) in [5.41, 5.74) is 4.24. The van der Waals surface area contributed by atoms with Crippen LogP contribution >= 0.6 is 23.4 Å². The second-order valence-corrected chi connectivity index (χ2v) is 9.48. The van der Waals surface area contributed by atoms with E-state index >= 15 is 0 Å². The highest BCUT2D eigenvalue weighted by atomic mass is 35.5. The predicted octanol–water partition coefficient (Wildman–Crippen LogP) is 4.03. The van der Waals surface area contributed by atoms with Crippen LogP contribution in [0.4, 0.5) is 0 Å². The van der Waals surface area contributed by atoms with Gasteiger partial charge in [-0.2, -0.15) is 5.10 Å². The lowest BCUT2D eigenvalue weighted by atomic mass is 9.97. The van der Waals surface area contributed by atoms with E-state index in [9.17, 15) is 9.59 Å². The first-order valence-corrected chi connectivity index (χ1v) is 11.9. The van der Waals surface area contributed by atoms with Gasteiger partial charge in [-0.05, 0) is 48.4 Å². The Morgan fingerprint density at radius 2 is 2.06 bits per heavy atom. The van der Waals surface area contributed by atoms with Gasteiger partial charge in [0.05, 0.1) is 0 Å². The Morgan fingerprint density at radius 3 is 2.72 bits per heavy atom. The maximum absolute atomic E-state index is 12.7. The van der Waals surface area contributed by atoms with Crippen LogP contribution < -0.4 is 10.9 Å². The molecule has 3 aromatic rings. The Labute approximate surface area is 194 Å². The van der Waals surface area contributed by atoms with Gasteiger partial charge in [0, 0.05) is 40.1 Å². The fraction of sp³-hybridized carbons (Fsp3) is 0.304. The van der Waals surface area contributed by atoms with Crippen LogP contribution in [0.25, 0.3) is 5.57 Å². The Hall–Kier alpha value is -2.84. The molecule has 164 valence electrons. The molecule has 0 bridgehead atoms. The molecule has 1 aromatic carbocycles. The summed E-state index contributed by atoms with van der Waals surface area (Å²) in [6.07, 6.45) is 6.87. The van der Waals surface area contributed by atoms with Crippen LogP contribution in [0.5, 0.6) is 0 Å². The molecular weight excluding hydrogens is 446 g/mol. The molecule has 1 aliphatic carbocycles. The Bertz CT molecular complexity index is 1230. The van der Waals surface area contributed by atoms with Crippen molar-refractivity contribution >= 4 is 34.8 Å². The number of aromatic nitrogens is 4. The van der Waals surface area contributed by atoms with Gasteiger partial charge in [0.25, 0.3) is 5.56 Å². The molecule has 32 heavy (non-hydrogen) atoms. The fourth-order valence-electron chi connectivity index (χ4n) is 3.91. The van der Waals surface area contributed by atoms with Crippen molar-refractivity contribution in [1.29, 1.82) is 0 Å². The maximum Gasteiger partial charge on any atom is 0.251 e. The zero-order valence-corrected chi connectivity index (χ0v) is 18.8. The van der Waals surface area contributed by atoms with Gasteiger partial charge in [-0.1, -0.05) is 47.6 Å². The first-order valence-electron chi connectivity index (χ1n) is 10.6. The van der Waals surface area contributed by atoms with E-state index in [0.29, 0.717) is 23.1 Å². The van der Waals surface area contributed by atoms with E-state index in [4.69, 9.17) is 11.6 Å². The smallest absolute Gasteiger partial charge is 0.251 e. The van der Waals surface area contributed by atoms with Crippen molar-refractivity contribution in [3.63, 3.8) is 0 Å². The Kier molecular flexibility index (Phi) is 5.89. The van der Waals surface area contributed by atoms with Crippen LogP contribution in [0.1, 0.15) is 54.0 Å². The normalized spacial score (nSPS) is 18.7. The second kappa shape index (κ2) is 8.96. The molecule has 0 radical (unpaired) electrons. The minimum atomic E-state index is -0.0791. The van der Waals surface area contributed by atoms with Crippen molar-refractivity contribution in [3.8, 4) is 0 Å². The summed E-state index contributed by atoms with van der Waals surface area (Å²) in [5.74, 6) is 1.07. The summed E-state index contributed by atoms with van der Waals surface area (Å²) >= 11 is 8.14. The van der Waals surface area contributed by atoms with Crippen molar-refractivity contribution in [3.05, 3.63) is 80.5 Å². The minimum Gasteiger partial charge on any atom is -0.350 e. The molecule has 1 amide bonds.